The predicted octanol–water partition coefficient (Wildman–Crippen LogP) is 0.799. The van der Waals surface area contributed by atoms with Gasteiger partial charge in [0, 0.05) is 45.9 Å². The molecule has 1 aliphatic heterocycles. The van der Waals surface area contributed by atoms with Crippen molar-refractivity contribution in [1.82, 2.24) is 14.9 Å². The molecule has 0 amide bonds. The summed E-state index contributed by atoms with van der Waals surface area (Å²) in [6, 6.07) is 1.93. The number of nitrogens with zero attached hydrogens (tertiary/aromatic N) is 3. The van der Waals surface area contributed by atoms with Gasteiger partial charge in [-0.25, -0.2) is 9.97 Å². The molecule has 0 spiro atoms. The quantitative estimate of drug-likeness (QED) is 0.735. The van der Waals surface area contributed by atoms with Crippen LogP contribution in [0.3, 0.4) is 0 Å². The van der Waals surface area contributed by atoms with Crippen molar-refractivity contribution in [2.75, 3.05) is 63.7 Å². The Morgan fingerprint density at radius 3 is 2.62 bits per heavy atom. The average Bonchev–Trinajstić information content (AvgIpc) is 2.49. The normalized spacial score (nSPS) is 15.9. The SMILES string of the molecule is CCNc1cc(NCCN2CCOCC2)nc(COC)n1. The largest absolute Gasteiger partial charge is 0.379 e. The number of morpholine rings is 1. The molecule has 7 heteroatoms. The molecule has 1 fully saturated rings. The number of aromatic nitrogens is 2. The van der Waals surface area contributed by atoms with E-state index in [4.69, 9.17) is 9.47 Å². The molecule has 0 aliphatic carbocycles. The highest BCUT2D eigenvalue weighted by Crippen LogP contribution is 2.11. The van der Waals surface area contributed by atoms with Gasteiger partial charge in [0.15, 0.2) is 5.82 Å². The van der Waals surface area contributed by atoms with Gasteiger partial charge in [-0.05, 0) is 6.92 Å². The summed E-state index contributed by atoms with van der Waals surface area (Å²) >= 11 is 0. The van der Waals surface area contributed by atoms with Gasteiger partial charge in [0.05, 0.1) is 13.2 Å². The zero-order chi connectivity index (χ0) is 14.9. The first kappa shape index (κ1) is 15.9. The molecule has 0 saturated carbocycles. The summed E-state index contributed by atoms with van der Waals surface area (Å²) in [6.07, 6.45) is 0. The molecule has 2 heterocycles. The Labute approximate surface area is 126 Å². The van der Waals surface area contributed by atoms with Crippen LogP contribution in [0.5, 0.6) is 0 Å². The zero-order valence-corrected chi connectivity index (χ0v) is 12.9. The van der Waals surface area contributed by atoms with E-state index in [1.54, 1.807) is 7.11 Å². The van der Waals surface area contributed by atoms with Crippen LogP contribution in [-0.2, 0) is 16.1 Å². The first-order valence-electron chi connectivity index (χ1n) is 7.46. The molecule has 1 aromatic rings. The summed E-state index contributed by atoms with van der Waals surface area (Å²) in [5.41, 5.74) is 0. The second-order valence-electron chi connectivity index (χ2n) is 4.90. The molecule has 0 bridgehead atoms. The summed E-state index contributed by atoms with van der Waals surface area (Å²) in [7, 11) is 1.65. The Hall–Kier alpha value is -1.44. The molecule has 0 unspecified atom stereocenters. The Kier molecular flexibility index (Phi) is 6.65. The van der Waals surface area contributed by atoms with Gasteiger partial charge in [-0.3, -0.25) is 4.90 Å². The van der Waals surface area contributed by atoms with E-state index in [2.05, 4.69) is 25.5 Å². The molecular formula is C14H25N5O2. The fourth-order valence-corrected chi connectivity index (χ4v) is 2.22. The van der Waals surface area contributed by atoms with Crippen LogP contribution in [0.4, 0.5) is 11.6 Å². The minimum atomic E-state index is 0.414. The first-order valence-corrected chi connectivity index (χ1v) is 7.46. The van der Waals surface area contributed by atoms with Crippen LogP contribution in [0.1, 0.15) is 12.7 Å². The van der Waals surface area contributed by atoms with Crippen LogP contribution >= 0.6 is 0 Å². The van der Waals surface area contributed by atoms with Gasteiger partial charge >= 0.3 is 0 Å². The molecule has 7 nitrogen and oxygen atoms in total. The Bertz CT molecular complexity index is 400. The van der Waals surface area contributed by atoms with Gasteiger partial charge in [0.1, 0.15) is 18.2 Å². The average molecular weight is 295 g/mol. The fraction of sp³-hybridized carbons (Fsp3) is 0.714. The summed E-state index contributed by atoms with van der Waals surface area (Å²) in [4.78, 5) is 11.2. The topological polar surface area (TPSA) is 71.5 Å². The van der Waals surface area contributed by atoms with E-state index in [9.17, 15) is 0 Å². The minimum Gasteiger partial charge on any atom is -0.379 e. The molecule has 1 aromatic heterocycles. The smallest absolute Gasteiger partial charge is 0.158 e. The molecule has 2 N–H and O–H groups in total. The molecule has 1 aliphatic rings. The lowest BCUT2D eigenvalue weighted by Crippen LogP contribution is -2.39. The van der Waals surface area contributed by atoms with Crippen LogP contribution in [0.25, 0.3) is 0 Å². The van der Waals surface area contributed by atoms with E-state index < -0.39 is 0 Å². The number of hydrogen-bond donors (Lipinski definition) is 2. The Morgan fingerprint density at radius 1 is 1.24 bits per heavy atom. The van der Waals surface area contributed by atoms with Crippen LogP contribution in [0, 0.1) is 0 Å². The van der Waals surface area contributed by atoms with Crippen LogP contribution in [-0.4, -0.2) is 67.9 Å². The highest BCUT2D eigenvalue weighted by Gasteiger charge is 2.10. The zero-order valence-electron chi connectivity index (χ0n) is 12.9. The number of anilines is 2. The molecule has 0 atom stereocenters. The van der Waals surface area contributed by atoms with Crippen molar-refractivity contribution >= 4 is 11.6 Å². The second-order valence-corrected chi connectivity index (χ2v) is 4.90. The molecule has 2 rings (SSSR count). The van der Waals surface area contributed by atoms with Gasteiger partial charge in [-0.2, -0.15) is 0 Å². The van der Waals surface area contributed by atoms with Gasteiger partial charge in [-0.15, -0.1) is 0 Å². The van der Waals surface area contributed by atoms with Crippen molar-refractivity contribution in [3.05, 3.63) is 11.9 Å². The maximum Gasteiger partial charge on any atom is 0.158 e. The third-order valence-electron chi connectivity index (χ3n) is 3.24. The van der Waals surface area contributed by atoms with Crippen molar-refractivity contribution in [1.29, 1.82) is 0 Å². The van der Waals surface area contributed by atoms with Gasteiger partial charge in [0.2, 0.25) is 0 Å². The van der Waals surface area contributed by atoms with E-state index in [1.165, 1.54) is 0 Å². The second kappa shape index (κ2) is 8.76. The highest BCUT2D eigenvalue weighted by atomic mass is 16.5. The number of rotatable bonds is 8. The molecule has 0 radical (unpaired) electrons. The first-order chi connectivity index (χ1) is 10.3. The summed E-state index contributed by atoms with van der Waals surface area (Å²) < 4.78 is 10.5. The van der Waals surface area contributed by atoms with E-state index in [0.29, 0.717) is 12.4 Å². The lowest BCUT2D eigenvalue weighted by Gasteiger charge is -2.26. The van der Waals surface area contributed by atoms with E-state index >= 15 is 0 Å². The molecule has 1 saturated heterocycles. The van der Waals surface area contributed by atoms with Gasteiger partial charge < -0.3 is 20.1 Å². The third kappa shape index (κ3) is 5.45. The summed E-state index contributed by atoms with van der Waals surface area (Å²) in [6.45, 7) is 8.80. The summed E-state index contributed by atoms with van der Waals surface area (Å²) in [5, 5.41) is 6.57. The monoisotopic (exact) mass is 295 g/mol. The van der Waals surface area contributed by atoms with Crippen LogP contribution < -0.4 is 10.6 Å². The van der Waals surface area contributed by atoms with Crippen LogP contribution in [0.2, 0.25) is 0 Å². The van der Waals surface area contributed by atoms with E-state index in [1.807, 2.05) is 13.0 Å². The Morgan fingerprint density at radius 2 is 1.95 bits per heavy atom. The number of nitrogens with one attached hydrogen (secondary N) is 2. The minimum absolute atomic E-state index is 0.414. The standard InChI is InChI=1S/C14H25N5O2/c1-3-15-12-10-13(18-14(17-12)11-20-2)16-4-5-19-6-8-21-9-7-19/h10H,3-9,11H2,1-2H3,(H2,15,16,17,18). The molecule has 21 heavy (non-hydrogen) atoms. The van der Waals surface area contributed by atoms with Crippen molar-refractivity contribution < 1.29 is 9.47 Å². The lowest BCUT2D eigenvalue weighted by molar-refractivity contribution is 0.0398. The van der Waals surface area contributed by atoms with Crippen molar-refractivity contribution in [3.63, 3.8) is 0 Å². The predicted molar refractivity (Wildman–Crippen MR) is 82.7 cm³/mol. The third-order valence-corrected chi connectivity index (χ3v) is 3.24. The lowest BCUT2D eigenvalue weighted by atomic mass is 10.4. The Balaban J connectivity index is 1.87. The number of hydrogen-bond acceptors (Lipinski definition) is 7. The highest BCUT2D eigenvalue weighted by molar-refractivity contribution is 5.47. The van der Waals surface area contributed by atoms with E-state index in [0.717, 1.165) is 57.6 Å². The van der Waals surface area contributed by atoms with Gasteiger partial charge in [0.25, 0.3) is 0 Å². The van der Waals surface area contributed by atoms with Crippen molar-refractivity contribution in [2.45, 2.75) is 13.5 Å². The number of methoxy groups -OCH3 is 1. The molecular weight excluding hydrogens is 270 g/mol. The summed E-state index contributed by atoms with van der Waals surface area (Å²) in [5.74, 6) is 2.35. The van der Waals surface area contributed by atoms with Crippen molar-refractivity contribution in [3.8, 4) is 0 Å². The van der Waals surface area contributed by atoms with Crippen LogP contribution in [0.15, 0.2) is 6.07 Å². The maximum atomic E-state index is 5.34. The molecule has 0 aromatic carbocycles. The number of ether oxygens (including phenoxy) is 2. The maximum absolute atomic E-state index is 5.34. The molecule has 118 valence electrons. The fourth-order valence-electron chi connectivity index (χ4n) is 2.22. The van der Waals surface area contributed by atoms with E-state index in [-0.39, 0.29) is 0 Å². The van der Waals surface area contributed by atoms with Gasteiger partial charge in [-0.1, -0.05) is 0 Å². The van der Waals surface area contributed by atoms with Crippen molar-refractivity contribution in [2.24, 2.45) is 0 Å².